The second-order valence-corrected chi connectivity index (χ2v) is 10.3. The van der Waals surface area contributed by atoms with Crippen molar-refractivity contribution in [1.29, 1.82) is 0 Å². The maximum Gasteiger partial charge on any atom is 0.261 e. The van der Waals surface area contributed by atoms with Gasteiger partial charge < -0.3 is 0 Å². The maximum absolute atomic E-state index is 13.7. The van der Waals surface area contributed by atoms with Crippen LogP contribution in [0.1, 0.15) is 55.2 Å². The molecule has 2 aliphatic rings. The number of hydrogen-bond donors (Lipinski definition) is 0. The van der Waals surface area contributed by atoms with Crippen molar-refractivity contribution in [3.63, 3.8) is 0 Å². The predicted octanol–water partition coefficient (Wildman–Crippen LogP) is 3.47. The Labute approximate surface area is 197 Å². The Morgan fingerprint density at radius 2 is 1.47 bits per heavy atom. The van der Waals surface area contributed by atoms with Crippen LogP contribution in [-0.4, -0.2) is 48.3 Å². The Balaban J connectivity index is 1.54. The molecule has 172 valence electrons. The fourth-order valence-corrected chi connectivity index (χ4v) is 6.28. The molecule has 2 amide bonds. The van der Waals surface area contributed by atoms with Crippen molar-refractivity contribution in [2.45, 2.75) is 24.3 Å². The maximum atomic E-state index is 13.7. The lowest BCUT2D eigenvalue weighted by molar-refractivity contribution is 0.0616. The molecule has 0 N–H and O–H groups in total. The average molecular weight is 475 g/mol. The lowest BCUT2D eigenvalue weighted by Crippen LogP contribution is -2.46. The van der Waals surface area contributed by atoms with Gasteiger partial charge in [-0.2, -0.15) is 4.31 Å². The van der Waals surface area contributed by atoms with Crippen molar-refractivity contribution in [1.82, 2.24) is 9.21 Å². The molecule has 2 aliphatic heterocycles. The number of ketones is 1. The highest BCUT2D eigenvalue weighted by Gasteiger charge is 2.42. The second-order valence-electron chi connectivity index (χ2n) is 8.43. The molecule has 1 atom stereocenters. The number of carbonyl (C=O) groups is 3. The van der Waals surface area contributed by atoms with Crippen LogP contribution in [0.25, 0.3) is 0 Å². The highest BCUT2D eigenvalue weighted by molar-refractivity contribution is 7.89. The van der Waals surface area contributed by atoms with E-state index in [0.717, 1.165) is 16.0 Å². The van der Waals surface area contributed by atoms with E-state index in [-0.39, 0.29) is 23.8 Å². The van der Waals surface area contributed by atoms with E-state index < -0.39 is 27.9 Å². The molecule has 0 bridgehead atoms. The fourth-order valence-electron chi connectivity index (χ4n) is 4.68. The molecule has 0 saturated carbocycles. The Morgan fingerprint density at radius 1 is 0.882 bits per heavy atom. The van der Waals surface area contributed by atoms with E-state index in [1.807, 2.05) is 24.3 Å². The lowest BCUT2D eigenvalue weighted by atomic mass is 9.94. The van der Waals surface area contributed by atoms with E-state index in [4.69, 9.17) is 0 Å². The van der Waals surface area contributed by atoms with Gasteiger partial charge in [-0.1, -0.05) is 48.5 Å². The van der Waals surface area contributed by atoms with Crippen LogP contribution in [0.15, 0.2) is 77.7 Å². The number of Topliss-reactive ketones (excluding diaryl/α,β-unsaturated/α-hetero) is 1. The zero-order chi connectivity index (χ0) is 24.0. The van der Waals surface area contributed by atoms with Gasteiger partial charge in [-0.05, 0) is 48.7 Å². The lowest BCUT2D eigenvalue weighted by Gasteiger charge is -2.37. The third kappa shape index (κ3) is 3.55. The molecule has 7 nitrogen and oxygen atoms in total. The molecule has 0 saturated heterocycles. The van der Waals surface area contributed by atoms with E-state index >= 15 is 0 Å². The van der Waals surface area contributed by atoms with Crippen LogP contribution in [0.3, 0.4) is 0 Å². The highest BCUT2D eigenvalue weighted by Crippen LogP contribution is 2.36. The molecule has 34 heavy (non-hydrogen) atoms. The van der Waals surface area contributed by atoms with Crippen molar-refractivity contribution in [2.75, 3.05) is 13.1 Å². The van der Waals surface area contributed by atoms with E-state index in [0.29, 0.717) is 23.1 Å². The minimum absolute atomic E-state index is 0.0595. The minimum atomic E-state index is -3.97. The van der Waals surface area contributed by atoms with Gasteiger partial charge in [0.2, 0.25) is 10.0 Å². The van der Waals surface area contributed by atoms with Crippen LogP contribution in [0, 0.1) is 0 Å². The first-order valence-corrected chi connectivity index (χ1v) is 12.4. The van der Waals surface area contributed by atoms with Crippen LogP contribution in [0.2, 0.25) is 0 Å². The summed E-state index contributed by atoms with van der Waals surface area (Å²) in [4.78, 5) is 38.9. The summed E-state index contributed by atoms with van der Waals surface area (Å²) in [6.45, 7) is 1.54. The van der Waals surface area contributed by atoms with Crippen molar-refractivity contribution in [3.05, 3.63) is 101 Å². The first kappa shape index (κ1) is 22.2. The Kier molecular flexibility index (Phi) is 5.42. The van der Waals surface area contributed by atoms with E-state index in [1.165, 1.54) is 35.5 Å². The zero-order valence-corrected chi connectivity index (χ0v) is 19.3. The number of imide groups is 1. The average Bonchev–Trinajstić information content (AvgIpc) is 3.09. The van der Waals surface area contributed by atoms with Crippen LogP contribution >= 0.6 is 0 Å². The molecule has 8 heteroatoms. The number of hydrogen-bond acceptors (Lipinski definition) is 5. The zero-order valence-electron chi connectivity index (χ0n) is 18.5. The normalized spacial score (nSPS) is 18.0. The summed E-state index contributed by atoms with van der Waals surface area (Å²) in [6.07, 6.45) is 0.513. The van der Waals surface area contributed by atoms with Crippen LogP contribution in [-0.2, 0) is 16.4 Å². The van der Waals surface area contributed by atoms with Gasteiger partial charge in [0, 0.05) is 12.1 Å². The van der Waals surface area contributed by atoms with E-state index in [1.54, 1.807) is 24.3 Å². The van der Waals surface area contributed by atoms with Gasteiger partial charge >= 0.3 is 0 Å². The molecule has 0 aromatic heterocycles. The second kappa shape index (κ2) is 8.30. The Morgan fingerprint density at radius 3 is 2.09 bits per heavy atom. The Bertz CT molecular complexity index is 1390. The molecule has 0 spiro atoms. The molecule has 1 unspecified atom stereocenters. The van der Waals surface area contributed by atoms with Crippen molar-refractivity contribution in [2.24, 2.45) is 0 Å². The first-order chi connectivity index (χ1) is 16.3. The third-order valence-electron chi connectivity index (χ3n) is 6.46. The predicted molar refractivity (Wildman–Crippen MR) is 125 cm³/mol. The number of fused-ring (bicyclic) bond motifs is 2. The molecular weight excluding hydrogens is 452 g/mol. The Hall–Kier alpha value is -3.62. The van der Waals surface area contributed by atoms with E-state index in [2.05, 4.69) is 0 Å². The summed E-state index contributed by atoms with van der Waals surface area (Å²) < 4.78 is 28.8. The van der Waals surface area contributed by atoms with Crippen LogP contribution in [0.5, 0.6) is 0 Å². The van der Waals surface area contributed by atoms with Crippen LogP contribution < -0.4 is 0 Å². The number of nitrogens with zero attached hydrogens (tertiary/aromatic N) is 2. The summed E-state index contributed by atoms with van der Waals surface area (Å²) in [6, 6.07) is 19.2. The van der Waals surface area contributed by atoms with Crippen molar-refractivity contribution < 1.29 is 22.8 Å². The van der Waals surface area contributed by atoms with Gasteiger partial charge in [-0.25, -0.2) is 8.42 Å². The van der Waals surface area contributed by atoms with Gasteiger partial charge in [-0.3, -0.25) is 19.3 Å². The molecule has 0 fully saturated rings. The monoisotopic (exact) mass is 474 g/mol. The molecular formula is C26H22N2O5S. The number of benzene rings is 3. The minimum Gasteiger partial charge on any atom is -0.295 e. The van der Waals surface area contributed by atoms with Crippen LogP contribution in [0.4, 0.5) is 0 Å². The molecule has 0 aliphatic carbocycles. The first-order valence-electron chi connectivity index (χ1n) is 10.9. The number of rotatable bonds is 5. The summed E-state index contributed by atoms with van der Waals surface area (Å²) in [5, 5.41) is 0. The molecule has 3 aromatic carbocycles. The van der Waals surface area contributed by atoms with E-state index in [9.17, 15) is 22.8 Å². The summed E-state index contributed by atoms with van der Waals surface area (Å²) in [5.41, 5.74) is 2.83. The topological polar surface area (TPSA) is 91.8 Å². The van der Waals surface area contributed by atoms with Crippen molar-refractivity contribution >= 4 is 27.6 Å². The highest BCUT2D eigenvalue weighted by atomic mass is 32.2. The molecule has 0 radical (unpaired) electrons. The molecule has 5 rings (SSSR count). The van der Waals surface area contributed by atoms with Gasteiger partial charge in [0.1, 0.15) is 0 Å². The van der Waals surface area contributed by atoms with Gasteiger partial charge in [0.15, 0.2) is 5.78 Å². The molecule has 2 heterocycles. The quantitative estimate of drug-likeness (QED) is 0.417. The fraction of sp³-hybridized carbons (Fsp3) is 0.192. The SMILES string of the molecule is CC(=O)c1ccc(S(=O)(=O)N2CCc3ccccc3C2CN2C(=O)c3ccccc3C2=O)cc1. The van der Waals surface area contributed by atoms with Gasteiger partial charge in [0.05, 0.1) is 28.6 Å². The third-order valence-corrected chi connectivity index (χ3v) is 8.39. The number of amides is 2. The number of carbonyl (C=O) groups excluding carboxylic acids is 3. The molecule has 3 aromatic rings. The summed E-state index contributed by atoms with van der Waals surface area (Å²) >= 11 is 0. The smallest absolute Gasteiger partial charge is 0.261 e. The summed E-state index contributed by atoms with van der Waals surface area (Å²) in [5.74, 6) is -1.00. The van der Waals surface area contributed by atoms with Gasteiger partial charge in [-0.15, -0.1) is 0 Å². The van der Waals surface area contributed by atoms with Gasteiger partial charge in [0.25, 0.3) is 11.8 Å². The number of sulfonamides is 1. The van der Waals surface area contributed by atoms with Crippen molar-refractivity contribution in [3.8, 4) is 0 Å². The standard InChI is InChI=1S/C26H22N2O5S/c1-17(29)18-10-12-20(13-11-18)34(32,33)28-15-14-19-6-2-3-7-21(19)24(28)16-27-25(30)22-8-4-5-9-23(22)26(27)31/h2-13,24H,14-16H2,1H3. The summed E-state index contributed by atoms with van der Waals surface area (Å²) in [7, 11) is -3.97. The largest absolute Gasteiger partial charge is 0.295 e.